The number of amides is 1. The van der Waals surface area contributed by atoms with Gasteiger partial charge in [-0.1, -0.05) is 6.07 Å². The van der Waals surface area contributed by atoms with Crippen molar-refractivity contribution in [2.75, 3.05) is 0 Å². The van der Waals surface area contributed by atoms with Gasteiger partial charge in [-0.15, -0.1) is 0 Å². The van der Waals surface area contributed by atoms with Crippen LogP contribution in [0.1, 0.15) is 41.5 Å². The van der Waals surface area contributed by atoms with E-state index in [1.807, 2.05) is 41.9 Å². The highest BCUT2D eigenvalue weighted by atomic mass is 16.2. The molecule has 0 unspecified atom stereocenters. The average molecular weight is 333 g/mol. The van der Waals surface area contributed by atoms with Crippen molar-refractivity contribution in [2.45, 2.75) is 44.7 Å². The summed E-state index contributed by atoms with van der Waals surface area (Å²) in [5.74, 6) is 0.161. The van der Waals surface area contributed by atoms with Crippen molar-refractivity contribution in [3.8, 4) is 0 Å². The van der Waals surface area contributed by atoms with Crippen LogP contribution in [0.25, 0.3) is 5.65 Å². The van der Waals surface area contributed by atoms with Gasteiger partial charge in [-0.2, -0.15) is 5.10 Å². The molecule has 6 nitrogen and oxygen atoms in total. The Morgan fingerprint density at radius 2 is 2.20 bits per heavy atom. The molecule has 0 aliphatic carbocycles. The van der Waals surface area contributed by atoms with Crippen LogP contribution < -0.4 is 0 Å². The standard InChI is InChI=1S/C19H19N5O/c1-12-8-18-21-11-15-16-6-5-14(10-17(15)24(18)22-12)23(16)19(25)9-13-4-2-3-7-20-13/h2-4,7-8,11,14,16H,5-6,9-10H2,1H3/t14-,16-/m0/s1. The number of aryl methyl sites for hydroxylation is 1. The summed E-state index contributed by atoms with van der Waals surface area (Å²) in [6.07, 6.45) is 6.93. The molecular weight excluding hydrogens is 314 g/mol. The lowest BCUT2D eigenvalue weighted by Gasteiger charge is -2.36. The Morgan fingerprint density at radius 1 is 1.28 bits per heavy atom. The van der Waals surface area contributed by atoms with Gasteiger partial charge in [0.1, 0.15) is 0 Å². The summed E-state index contributed by atoms with van der Waals surface area (Å²) in [6.45, 7) is 1.99. The van der Waals surface area contributed by atoms with Crippen molar-refractivity contribution < 1.29 is 4.79 Å². The summed E-state index contributed by atoms with van der Waals surface area (Å²) in [5.41, 5.74) is 5.06. The Morgan fingerprint density at radius 3 is 3.04 bits per heavy atom. The topological polar surface area (TPSA) is 63.4 Å². The van der Waals surface area contributed by atoms with Crippen molar-refractivity contribution >= 4 is 11.6 Å². The lowest BCUT2D eigenvalue weighted by atomic mass is 9.98. The predicted octanol–water partition coefficient (Wildman–Crippen LogP) is 2.26. The minimum absolute atomic E-state index is 0.117. The van der Waals surface area contributed by atoms with E-state index < -0.39 is 0 Å². The first kappa shape index (κ1) is 14.6. The molecule has 1 amide bonds. The zero-order valence-corrected chi connectivity index (χ0v) is 14.1. The molecule has 25 heavy (non-hydrogen) atoms. The van der Waals surface area contributed by atoms with Crippen LogP contribution in [0.5, 0.6) is 0 Å². The van der Waals surface area contributed by atoms with Crippen LogP contribution >= 0.6 is 0 Å². The van der Waals surface area contributed by atoms with Crippen LogP contribution in [0.3, 0.4) is 0 Å². The van der Waals surface area contributed by atoms with Gasteiger partial charge in [0.2, 0.25) is 5.91 Å². The second-order valence-corrected chi connectivity index (χ2v) is 6.97. The van der Waals surface area contributed by atoms with Gasteiger partial charge in [0.25, 0.3) is 0 Å². The highest BCUT2D eigenvalue weighted by molar-refractivity contribution is 5.80. The zero-order valence-electron chi connectivity index (χ0n) is 14.1. The maximum absolute atomic E-state index is 12.9. The van der Waals surface area contributed by atoms with Gasteiger partial charge in [0.15, 0.2) is 5.65 Å². The van der Waals surface area contributed by atoms with E-state index >= 15 is 0 Å². The van der Waals surface area contributed by atoms with Crippen LogP contribution in [0.4, 0.5) is 0 Å². The molecule has 3 aromatic heterocycles. The molecule has 2 aliphatic heterocycles. The third-order valence-corrected chi connectivity index (χ3v) is 5.37. The highest BCUT2D eigenvalue weighted by Crippen LogP contribution is 2.43. The molecular formula is C19H19N5O. The summed E-state index contributed by atoms with van der Waals surface area (Å²) in [6, 6.07) is 8.08. The Labute approximate surface area is 145 Å². The van der Waals surface area contributed by atoms with Crippen molar-refractivity contribution in [3.05, 3.63) is 59.3 Å². The first-order valence-corrected chi connectivity index (χ1v) is 8.76. The van der Waals surface area contributed by atoms with Crippen molar-refractivity contribution in [2.24, 2.45) is 0 Å². The smallest absolute Gasteiger partial charge is 0.229 e. The molecule has 3 aromatic rings. The molecule has 5 rings (SSSR count). The van der Waals surface area contributed by atoms with Gasteiger partial charge < -0.3 is 4.90 Å². The molecule has 6 heteroatoms. The van der Waals surface area contributed by atoms with Crippen molar-refractivity contribution in [3.63, 3.8) is 0 Å². The van der Waals surface area contributed by atoms with Crippen LogP contribution in [0, 0.1) is 6.92 Å². The summed E-state index contributed by atoms with van der Waals surface area (Å²) in [5, 5.41) is 4.60. The second kappa shape index (κ2) is 5.37. The maximum Gasteiger partial charge on any atom is 0.229 e. The van der Waals surface area contributed by atoms with Crippen LogP contribution in [-0.2, 0) is 17.6 Å². The Kier molecular flexibility index (Phi) is 3.13. The van der Waals surface area contributed by atoms with Gasteiger partial charge in [-0.25, -0.2) is 9.50 Å². The Hall–Kier alpha value is -2.76. The predicted molar refractivity (Wildman–Crippen MR) is 92.0 cm³/mol. The number of aromatic nitrogens is 4. The number of rotatable bonds is 2. The van der Waals surface area contributed by atoms with E-state index in [2.05, 4.69) is 20.0 Å². The molecule has 1 saturated heterocycles. The molecule has 5 heterocycles. The van der Waals surface area contributed by atoms with E-state index in [4.69, 9.17) is 0 Å². The minimum Gasteiger partial charge on any atom is -0.332 e. The number of pyridine rings is 1. The molecule has 2 atom stereocenters. The quantitative estimate of drug-likeness (QED) is 0.722. The lowest BCUT2D eigenvalue weighted by Crippen LogP contribution is -2.43. The number of hydrogen-bond donors (Lipinski definition) is 0. The van der Waals surface area contributed by atoms with Gasteiger partial charge in [0, 0.05) is 42.2 Å². The number of fused-ring (bicyclic) bond motifs is 6. The summed E-state index contributed by atoms with van der Waals surface area (Å²) in [4.78, 5) is 23.9. The largest absolute Gasteiger partial charge is 0.332 e. The highest BCUT2D eigenvalue weighted by Gasteiger charge is 2.43. The van der Waals surface area contributed by atoms with Gasteiger partial charge in [0.05, 0.1) is 23.9 Å². The number of hydrogen-bond acceptors (Lipinski definition) is 4. The third-order valence-electron chi connectivity index (χ3n) is 5.37. The third kappa shape index (κ3) is 2.24. The Balaban J connectivity index is 1.51. The van der Waals surface area contributed by atoms with Crippen LogP contribution in [0.2, 0.25) is 0 Å². The van der Waals surface area contributed by atoms with E-state index in [0.717, 1.165) is 41.9 Å². The van der Waals surface area contributed by atoms with Crippen molar-refractivity contribution in [1.29, 1.82) is 0 Å². The lowest BCUT2D eigenvalue weighted by molar-refractivity contribution is -0.134. The van der Waals surface area contributed by atoms with Crippen molar-refractivity contribution in [1.82, 2.24) is 24.5 Å². The molecule has 126 valence electrons. The number of carbonyl (C=O) groups excluding carboxylic acids is 1. The monoisotopic (exact) mass is 333 g/mol. The summed E-state index contributed by atoms with van der Waals surface area (Å²) < 4.78 is 1.97. The second-order valence-electron chi connectivity index (χ2n) is 6.97. The van der Waals surface area contributed by atoms with E-state index in [0.29, 0.717) is 6.42 Å². The van der Waals surface area contributed by atoms with Gasteiger partial charge in [-0.05, 0) is 31.9 Å². The van der Waals surface area contributed by atoms with Crippen LogP contribution in [-0.4, -0.2) is 36.4 Å². The fraction of sp³-hybridized carbons (Fsp3) is 0.368. The first-order valence-electron chi connectivity index (χ1n) is 8.76. The molecule has 0 saturated carbocycles. The first-order chi connectivity index (χ1) is 12.2. The van der Waals surface area contributed by atoms with E-state index in [-0.39, 0.29) is 18.0 Å². The molecule has 1 fully saturated rings. The fourth-order valence-corrected chi connectivity index (χ4v) is 4.33. The maximum atomic E-state index is 12.9. The van der Waals surface area contributed by atoms with Gasteiger partial charge >= 0.3 is 0 Å². The Bertz CT molecular complexity index is 965. The number of nitrogens with zero attached hydrogens (tertiary/aromatic N) is 5. The van der Waals surface area contributed by atoms with E-state index in [9.17, 15) is 4.79 Å². The summed E-state index contributed by atoms with van der Waals surface area (Å²) in [7, 11) is 0. The van der Waals surface area contributed by atoms with E-state index in [1.54, 1.807) is 6.20 Å². The average Bonchev–Trinajstić information content (AvgIpc) is 3.15. The SMILES string of the molecule is Cc1cc2ncc3c(n2n1)C[C@@H]1CC[C@@H]3N1C(=O)Cc1ccccn1. The van der Waals surface area contributed by atoms with E-state index in [1.165, 1.54) is 5.69 Å². The molecule has 0 radical (unpaired) electrons. The molecule has 0 N–H and O–H groups in total. The number of carbonyl (C=O) groups is 1. The fourth-order valence-electron chi connectivity index (χ4n) is 4.33. The molecule has 0 aromatic carbocycles. The molecule has 2 aliphatic rings. The summed E-state index contributed by atoms with van der Waals surface area (Å²) >= 11 is 0. The van der Waals surface area contributed by atoms with Crippen LogP contribution in [0.15, 0.2) is 36.7 Å². The molecule has 2 bridgehead atoms. The zero-order chi connectivity index (χ0) is 17.0. The minimum atomic E-state index is 0.117. The van der Waals surface area contributed by atoms with Gasteiger partial charge in [-0.3, -0.25) is 9.78 Å². The normalized spacial score (nSPS) is 21.6. The molecule has 0 spiro atoms.